The van der Waals surface area contributed by atoms with Crippen LogP contribution in [0.2, 0.25) is 0 Å². The normalized spacial score (nSPS) is 10.9. The molecule has 0 aromatic carbocycles. The summed E-state index contributed by atoms with van der Waals surface area (Å²) in [6.45, 7) is 7.68. The lowest BCUT2D eigenvalue weighted by atomic mass is 10.3. The molecule has 0 atom stereocenters. The van der Waals surface area contributed by atoms with Crippen LogP contribution in [0.1, 0.15) is 30.2 Å². The average Bonchev–Trinajstić information content (AvgIpc) is 3.01. The highest BCUT2D eigenvalue weighted by Gasteiger charge is 2.01. The lowest BCUT2D eigenvalue weighted by molar-refractivity contribution is 0.712. The molecule has 0 amide bonds. The Balaban J connectivity index is 0.00000312. The highest BCUT2D eigenvalue weighted by Crippen LogP contribution is 2.16. The van der Waals surface area contributed by atoms with Crippen LogP contribution in [0.4, 0.5) is 5.82 Å². The van der Waals surface area contributed by atoms with Gasteiger partial charge in [0.2, 0.25) is 0 Å². The number of halogens is 1. The second-order valence-corrected chi connectivity index (χ2v) is 6.50. The molecule has 25 heavy (non-hydrogen) atoms. The topological polar surface area (TPSA) is 61.3 Å². The van der Waals surface area contributed by atoms with Gasteiger partial charge in [0.05, 0.1) is 6.54 Å². The first kappa shape index (κ1) is 21.7. The van der Waals surface area contributed by atoms with Gasteiger partial charge in [0, 0.05) is 30.7 Å². The van der Waals surface area contributed by atoms with Gasteiger partial charge in [0.1, 0.15) is 5.82 Å². The van der Waals surface area contributed by atoms with E-state index >= 15 is 0 Å². The summed E-state index contributed by atoms with van der Waals surface area (Å²) in [5.74, 6) is 1.83. The molecule has 0 fully saturated rings. The van der Waals surface area contributed by atoms with Crippen molar-refractivity contribution in [1.82, 2.24) is 15.6 Å². The van der Waals surface area contributed by atoms with Gasteiger partial charge in [-0.05, 0) is 55.8 Å². The fourth-order valence-corrected chi connectivity index (χ4v) is 3.03. The maximum atomic E-state index is 4.66. The van der Waals surface area contributed by atoms with Crippen molar-refractivity contribution in [3.63, 3.8) is 0 Å². The van der Waals surface area contributed by atoms with Crippen LogP contribution in [-0.4, -0.2) is 30.6 Å². The predicted octanol–water partition coefficient (Wildman–Crippen LogP) is 4.02. The molecule has 0 saturated heterocycles. The molecule has 0 aliphatic heterocycles. The minimum Gasteiger partial charge on any atom is -0.370 e. The quantitative estimate of drug-likeness (QED) is 0.223. The Hall–Kier alpha value is -1.35. The number of pyridine rings is 1. The molecule has 5 nitrogen and oxygen atoms in total. The predicted molar refractivity (Wildman–Crippen MR) is 119 cm³/mol. The number of nitrogens with one attached hydrogen (secondary N) is 3. The second-order valence-electron chi connectivity index (χ2n) is 5.50. The molecule has 7 heteroatoms. The minimum atomic E-state index is 0. The largest absolute Gasteiger partial charge is 0.370 e. The number of aliphatic imine (C=N–C) groups is 1. The van der Waals surface area contributed by atoms with E-state index in [-0.39, 0.29) is 24.0 Å². The maximum Gasteiger partial charge on any atom is 0.191 e. The molecule has 0 spiro atoms. The van der Waals surface area contributed by atoms with E-state index in [4.69, 9.17) is 0 Å². The zero-order valence-electron chi connectivity index (χ0n) is 14.9. The van der Waals surface area contributed by atoms with E-state index < -0.39 is 0 Å². The fraction of sp³-hybridized carbons (Fsp3) is 0.444. The average molecular weight is 473 g/mol. The third-order valence-corrected chi connectivity index (χ3v) is 4.57. The highest BCUT2D eigenvalue weighted by atomic mass is 127. The third-order valence-electron chi connectivity index (χ3n) is 3.56. The summed E-state index contributed by atoms with van der Waals surface area (Å²) >= 11 is 1.77. The Bertz CT molecular complexity index is 615. The van der Waals surface area contributed by atoms with Crippen LogP contribution in [-0.2, 0) is 6.54 Å². The number of thiophene rings is 1. The van der Waals surface area contributed by atoms with Gasteiger partial charge in [0.15, 0.2) is 5.96 Å². The van der Waals surface area contributed by atoms with Gasteiger partial charge < -0.3 is 16.0 Å². The van der Waals surface area contributed by atoms with Gasteiger partial charge >= 0.3 is 0 Å². The molecule has 3 N–H and O–H groups in total. The molecule has 0 aliphatic carbocycles. The molecule has 138 valence electrons. The number of aromatic nitrogens is 1. The van der Waals surface area contributed by atoms with Gasteiger partial charge in [-0.25, -0.2) is 9.98 Å². The molecule has 2 heterocycles. The summed E-state index contributed by atoms with van der Waals surface area (Å²) in [4.78, 5) is 10.2. The van der Waals surface area contributed by atoms with E-state index in [1.807, 2.05) is 18.2 Å². The monoisotopic (exact) mass is 473 g/mol. The van der Waals surface area contributed by atoms with Crippen LogP contribution >= 0.6 is 35.3 Å². The van der Waals surface area contributed by atoms with Gasteiger partial charge in [-0.15, -0.1) is 35.3 Å². The number of guanidine groups is 1. The number of anilines is 1. The third kappa shape index (κ3) is 8.53. The van der Waals surface area contributed by atoms with E-state index in [0.29, 0.717) is 0 Å². The lowest BCUT2D eigenvalue weighted by Gasteiger charge is -2.11. The highest BCUT2D eigenvalue weighted by molar-refractivity contribution is 14.0. The standard InChI is InChI=1S/C18H27N5S.HI/c1-3-19-18(23-14-16-15(2)9-13-24-16)22-12-7-6-11-21-17-8-4-5-10-20-17;/h4-5,8-10,13H,3,6-7,11-12,14H2,1-2H3,(H,20,21)(H2,19,22,23);1H. The molecule has 0 saturated carbocycles. The maximum absolute atomic E-state index is 4.66. The summed E-state index contributed by atoms with van der Waals surface area (Å²) in [5.41, 5.74) is 1.32. The molecule has 0 aliphatic rings. The number of nitrogens with zero attached hydrogens (tertiary/aromatic N) is 2. The van der Waals surface area contributed by atoms with Gasteiger partial charge in [0.25, 0.3) is 0 Å². The summed E-state index contributed by atoms with van der Waals surface area (Å²) < 4.78 is 0. The second kappa shape index (κ2) is 12.9. The molecule has 2 aromatic rings. The summed E-state index contributed by atoms with van der Waals surface area (Å²) in [6, 6.07) is 8.05. The van der Waals surface area contributed by atoms with Crippen LogP contribution in [0.3, 0.4) is 0 Å². The van der Waals surface area contributed by atoms with Crippen molar-refractivity contribution >= 4 is 47.1 Å². The van der Waals surface area contributed by atoms with E-state index in [1.165, 1.54) is 10.4 Å². The van der Waals surface area contributed by atoms with Crippen molar-refractivity contribution in [1.29, 1.82) is 0 Å². The Kier molecular flexibility index (Phi) is 11.2. The number of rotatable bonds is 9. The van der Waals surface area contributed by atoms with Crippen LogP contribution in [0.15, 0.2) is 40.8 Å². The van der Waals surface area contributed by atoms with E-state index in [1.54, 1.807) is 17.5 Å². The van der Waals surface area contributed by atoms with Crippen LogP contribution in [0.25, 0.3) is 0 Å². The molecule has 2 aromatic heterocycles. The van der Waals surface area contributed by atoms with Crippen molar-refractivity contribution in [3.05, 3.63) is 46.3 Å². The van der Waals surface area contributed by atoms with E-state index in [9.17, 15) is 0 Å². The molecule has 0 radical (unpaired) electrons. The molecule has 0 bridgehead atoms. The molecule has 0 unspecified atom stereocenters. The molecular weight excluding hydrogens is 445 g/mol. The van der Waals surface area contributed by atoms with Crippen LogP contribution < -0.4 is 16.0 Å². The minimum absolute atomic E-state index is 0. The number of aryl methyl sites for hydroxylation is 1. The first-order chi connectivity index (χ1) is 11.8. The van der Waals surface area contributed by atoms with E-state index in [0.717, 1.165) is 50.8 Å². The number of unbranched alkanes of at least 4 members (excludes halogenated alkanes) is 1. The Labute approximate surface area is 171 Å². The summed E-state index contributed by atoms with van der Waals surface area (Å²) in [5, 5.41) is 12.1. The first-order valence-corrected chi connectivity index (χ1v) is 9.37. The van der Waals surface area contributed by atoms with Gasteiger partial charge in [-0.1, -0.05) is 6.07 Å². The van der Waals surface area contributed by atoms with Crippen molar-refractivity contribution in [3.8, 4) is 0 Å². The van der Waals surface area contributed by atoms with Crippen LogP contribution in [0.5, 0.6) is 0 Å². The Morgan fingerprint density at radius 3 is 2.68 bits per heavy atom. The smallest absolute Gasteiger partial charge is 0.191 e. The summed E-state index contributed by atoms with van der Waals surface area (Å²) in [6.07, 6.45) is 3.98. The zero-order valence-corrected chi connectivity index (χ0v) is 18.1. The van der Waals surface area contributed by atoms with Crippen LogP contribution in [0, 0.1) is 6.92 Å². The van der Waals surface area contributed by atoms with E-state index in [2.05, 4.69) is 51.2 Å². The van der Waals surface area contributed by atoms with Crippen molar-refractivity contribution < 1.29 is 0 Å². The lowest BCUT2D eigenvalue weighted by Crippen LogP contribution is -2.37. The SMILES string of the molecule is CCNC(=NCc1sccc1C)NCCCCNc1ccccn1.I. The first-order valence-electron chi connectivity index (χ1n) is 8.49. The summed E-state index contributed by atoms with van der Waals surface area (Å²) in [7, 11) is 0. The number of hydrogen-bond donors (Lipinski definition) is 3. The Morgan fingerprint density at radius 2 is 2.00 bits per heavy atom. The van der Waals surface area contributed by atoms with Crippen molar-refractivity contribution in [2.75, 3.05) is 25.0 Å². The fourth-order valence-electron chi connectivity index (χ4n) is 2.20. The number of hydrogen-bond acceptors (Lipinski definition) is 4. The zero-order chi connectivity index (χ0) is 17.0. The van der Waals surface area contributed by atoms with Gasteiger partial charge in [-0.2, -0.15) is 0 Å². The Morgan fingerprint density at radius 1 is 1.16 bits per heavy atom. The molecular formula is C18H28IN5S. The molecule has 2 rings (SSSR count). The van der Waals surface area contributed by atoms with Crippen molar-refractivity contribution in [2.24, 2.45) is 4.99 Å². The van der Waals surface area contributed by atoms with Crippen molar-refractivity contribution in [2.45, 2.75) is 33.2 Å². The van der Waals surface area contributed by atoms with Gasteiger partial charge in [-0.3, -0.25) is 0 Å².